The smallest absolute Gasteiger partial charge is 0.229 e. The molecule has 3 aromatic rings. The van der Waals surface area contributed by atoms with Gasteiger partial charge in [0.25, 0.3) is 0 Å². The van der Waals surface area contributed by atoms with E-state index in [2.05, 4.69) is 4.72 Å². The Hall–Kier alpha value is -3.19. The lowest BCUT2D eigenvalue weighted by Crippen LogP contribution is -2.09. The molecule has 0 amide bonds. The van der Waals surface area contributed by atoms with Crippen LogP contribution in [-0.4, -0.2) is 14.7 Å². The lowest BCUT2D eigenvalue weighted by atomic mass is 9.88. The van der Waals surface area contributed by atoms with Crippen molar-refractivity contribution in [2.24, 2.45) is 0 Å². The largest absolute Gasteiger partial charge is 0.488 e. The van der Waals surface area contributed by atoms with Crippen LogP contribution in [0.3, 0.4) is 0 Å². The molecular weight excluding hydrogens is 408 g/mol. The summed E-state index contributed by atoms with van der Waals surface area (Å²) >= 11 is 0. The highest BCUT2D eigenvalue weighted by Crippen LogP contribution is 2.41. The van der Waals surface area contributed by atoms with Crippen molar-refractivity contribution < 1.29 is 21.9 Å². The van der Waals surface area contributed by atoms with Crippen LogP contribution in [0.25, 0.3) is 11.1 Å². The molecule has 0 aromatic heterocycles. The number of nitrogens with one attached hydrogen (secondary N) is 1. The highest BCUT2D eigenvalue weighted by atomic mass is 32.2. The van der Waals surface area contributed by atoms with Crippen LogP contribution in [0.15, 0.2) is 60.7 Å². The fourth-order valence-electron chi connectivity index (χ4n) is 3.63. The summed E-state index contributed by atoms with van der Waals surface area (Å²) in [4.78, 5) is 0. The number of anilines is 1. The fraction of sp³-hybridized carbons (Fsp3) is 0.130. The Kier molecular flexibility index (Phi) is 5.07. The van der Waals surface area contributed by atoms with Crippen molar-refractivity contribution in [1.82, 2.24) is 0 Å². The summed E-state index contributed by atoms with van der Waals surface area (Å²) in [5.74, 6) is -0.445. The molecule has 0 radical (unpaired) electrons. The van der Waals surface area contributed by atoms with Crippen LogP contribution in [0.2, 0.25) is 0 Å². The molecule has 1 aliphatic heterocycles. The van der Waals surface area contributed by atoms with Crippen LogP contribution in [-0.2, 0) is 16.6 Å². The Morgan fingerprint density at radius 3 is 2.40 bits per heavy atom. The average Bonchev–Trinajstić information content (AvgIpc) is 2.82. The summed E-state index contributed by atoms with van der Waals surface area (Å²) in [7, 11) is -3.43. The van der Waals surface area contributed by atoms with Gasteiger partial charge in [-0.25, -0.2) is 17.2 Å². The average molecular weight is 427 g/mol. The summed E-state index contributed by atoms with van der Waals surface area (Å²) in [6.07, 6.45) is 1.09. The van der Waals surface area contributed by atoms with Gasteiger partial charge >= 0.3 is 0 Å². The fourth-order valence-corrected chi connectivity index (χ4v) is 4.18. The SMILES string of the molecule is C/C(=C1\c2ccc(F)cc2COc2cc(F)ccc21)c1cccc(NS(C)(=O)=O)c1. The molecule has 154 valence electrons. The highest BCUT2D eigenvalue weighted by Gasteiger charge is 2.23. The molecule has 0 saturated carbocycles. The van der Waals surface area contributed by atoms with Gasteiger partial charge in [-0.3, -0.25) is 4.72 Å². The summed E-state index contributed by atoms with van der Waals surface area (Å²) in [5.41, 5.74) is 4.89. The molecule has 3 aromatic carbocycles. The van der Waals surface area contributed by atoms with E-state index in [-0.39, 0.29) is 12.4 Å². The first kappa shape index (κ1) is 20.1. The van der Waals surface area contributed by atoms with Crippen molar-refractivity contribution in [2.75, 3.05) is 11.0 Å². The van der Waals surface area contributed by atoms with Crippen LogP contribution in [0.1, 0.15) is 29.2 Å². The maximum atomic E-state index is 13.9. The van der Waals surface area contributed by atoms with Crippen molar-refractivity contribution in [3.05, 3.63) is 94.6 Å². The van der Waals surface area contributed by atoms with E-state index in [1.165, 1.54) is 24.3 Å². The number of halogens is 2. The van der Waals surface area contributed by atoms with E-state index in [1.54, 1.807) is 30.3 Å². The van der Waals surface area contributed by atoms with Gasteiger partial charge in [0, 0.05) is 22.9 Å². The summed E-state index contributed by atoms with van der Waals surface area (Å²) in [6, 6.07) is 15.8. The third-order valence-electron chi connectivity index (χ3n) is 4.91. The van der Waals surface area contributed by atoms with Crippen molar-refractivity contribution >= 4 is 26.9 Å². The first-order chi connectivity index (χ1) is 14.2. The summed E-state index contributed by atoms with van der Waals surface area (Å²) in [6.45, 7) is 2.00. The van der Waals surface area contributed by atoms with Crippen LogP contribution in [0.5, 0.6) is 5.75 Å². The van der Waals surface area contributed by atoms with Crippen LogP contribution < -0.4 is 9.46 Å². The Morgan fingerprint density at radius 1 is 0.967 bits per heavy atom. The molecular formula is C23H19F2NO3S. The van der Waals surface area contributed by atoms with E-state index in [4.69, 9.17) is 4.74 Å². The van der Waals surface area contributed by atoms with Crippen LogP contribution in [0, 0.1) is 11.6 Å². The molecule has 0 atom stereocenters. The molecule has 0 spiro atoms. The molecule has 0 fully saturated rings. The minimum Gasteiger partial charge on any atom is -0.488 e. The van der Waals surface area contributed by atoms with Gasteiger partial charge in [-0.15, -0.1) is 0 Å². The first-order valence-electron chi connectivity index (χ1n) is 9.22. The zero-order valence-corrected chi connectivity index (χ0v) is 17.2. The second-order valence-electron chi connectivity index (χ2n) is 7.19. The molecule has 0 unspecified atom stereocenters. The van der Waals surface area contributed by atoms with Crippen molar-refractivity contribution in [3.8, 4) is 5.75 Å². The number of hydrogen-bond acceptors (Lipinski definition) is 3. The van der Waals surface area contributed by atoms with Crippen molar-refractivity contribution in [1.29, 1.82) is 0 Å². The minimum absolute atomic E-state index is 0.107. The quantitative estimate of drug-likeness (QED) is 0.625. The summed E-state index contributed by atoms with van der Waals surface area (Å²) in [5, 5.41) is 0. The van der Waals surface area contributed by atoms with Gasteiger partial charge in [0.05, 0.1) is 6.26 Å². The third-order valence-corrected chi connectivity index (χ3v) is 5.51. The second-order valence-corrected chi connectivity index (χ2v) is 8.93. The monoisotopic (exact) mass is 427 g/mol. The van der Waals surface area contributed by atoms with Gasteiger partial charge in [-0.1, -0.05) is 18.2 Å². The van der Waals surface area contributed by atoms with E-state index < -0.39 is 15.8 Å². The van der Waals surface area contributed by atoms with Crippen LogP contribution in [0.4, 0.5) is 14.5 Å². The molecule has 1 N–H and O–H groups in total. The number of sulfonamides is 1. The Morgan fingerprint density at radius 2 is 1.67 bits per heavy atom. The molecule has 1 heterocycles. The molecule has 4 rings (SSSR count). The molecule has 0 aliphatic carbocycles. The van der Waals surface area contributed by atoms with E-state index in [0.29, 0.717) is 22.6 Å². The van der Waals surface area contributed by atoms with Crippen molar-refractivity contribution in [2.45, 2.75) is 13.5 Å². The van der Waals surface area contributed by atoms with E-state index in [0.717, 1.165) is 28.5 Å². The first-order valence-corrected chi connectivity index (χ1v) is 11.1. The van der Waals surface area contributed by atoms with E-state index >= 15 is 0 Å². The topological polar surface area (TPSA) is 55.4 Å². The van der Waals surface area contributed by atoms with Gasteiger partial charge in [-0.2, -0.15) is 0 Å². The second kappa shape index (κ2) is 7.57. The van der Waals surface area contributed by atoms with Crippen molar-refractivity contribution in [3.63, 3.8) is 0 Å². The van der Waals surface area contributed by atoms with Gasteiger partial charge < -0.3 is 4.74 Å². The normalized spacial score (nSPS) is 14.8. The number of rotatable bonds is 3. The number of hydrogen-bond donors (Lipinski definition) is 1. The van der Waals surface area contributed by atoms with Gasteiger partial charge in [-0.05, 0) is 65.6 Å². The molecule has 1 aliphatic rings. The lowest BCUT2D eigenvalue weighted by Gasteiger charge is -2.16. The standard InChI is InChI=1S/C23H19F2NO3S/c1-14(15-4-3-5-19(11-15)26-30(2,27)28)23-20-8-6-17(24)10-16(20)13-29-22-12-18(25)7-9-21(22)23/h3-12,26H,13H2,1-2H3/b23-14-. The molecule has 7 heteroatoms. The molecule has 4 nitrogen and oxygen atoms in total. The predicted molar refractivity (Wildman–Crippen MR) is 114 cm³/mol. The Bertz CT molecular complexity index is 1230. The molecule has 30 heavy (non-hydrogen) atoms. The zero-order chi connectivity index (χ0) is 21.5. The molecule has 0 saturated heterocycles. The van der Waals surface area contributed by atoms with Gasteiger partial charge in [0.15, 0.2) is 0 Å². The van der Waals surface area contributed by atoms with Gasteiger partial charge in [0.2, 0.25) is 10.0 Å². The van der Waals surface area contributed by atoms with E-state index in [9.17, 15) is 17.2 Å². The Labute approximate surface area is 173 Å². The maximum Gasteiger partial charge on any atom is 0.229 e. The number of ether oxygens (including phenoxy) is 1. The maximum absolute atomic E-state index is 13.9. The predicted octanol–water partition coefficient (Wildman–Crippen LogP) is 5.21. The Balaban J connectivity index is 1.96. The minimum atomic E-state index is -3.43. The number of allylic oxidation sites excluding steroid dienone is 1. The van der Waals surface area contributed by atoms with E-state index in [1.807, 2.05) is 13.0 Å². The number of benzene rings is 3. The number of fused-ring (bicyclic) bond motifs is 2. The summed E-state index contributed by atoms with van der Waals surface area (Å²) < 4.78 is 59.2. The van der Waals surface area contributed by atoms with Crippen LogP contribution >= 0.6 is 0 Å². The third kappa shape index (κ3) is 4.07. The zero-order valence-electron chi connectivity index (χ0n) is 16.4. The van der Waals surface area contributed by atoms with Gasteiger partial charge in [0.1, 0.15) is 24.0 Å². The molecule has 0 bridgehead atoms. The lowest BCUT2D eigenvalue weighted by molar-refractivity contribution is 0.305. The highest BCUT2D eigenvalue weighted by molar-refractivity contribution is 7.92.